The van der Waals surface area contributed by atoms with Crippen LogP contribution < -0.4 is 21.6 Å². The molecule has 0 amide bonds. The highest BCUT2D eigenvalue weighted by Crippen LogP contribution is 2.38. The van der Waals surface area contributed by atoms with Crippen molar-refractivity contribution in [3.05, 3.63) is 76.5 Å². The standard InChI is InChI=1S/C28H27BClFN8/c1-27(2,9-10-32)16-35-25-17(13-33)14-34-26-22(25)11-20(12-23(26)30)36-28(29,18-3-5-19(31)6-4-18)24-15-39(38-37-24)21-7-8-21/h3-6,11-12,14-15,21,36-38H,7-9,16H2,1-2H3,(H,34,35). The maximum absolute atomic E-state index is 13.8. The summed E-state index contributed by atoms with van der Waals surface area (Å²) in [6.45, 7) is 4.41. The highest BCUT2D eigenvalue weighted by atomic mass is 35.5. The van der Waals surface area contributed by atoms with Crippen molar-refractivity contribution in [3.63, 3.8) is 0 Å². The van der Waals surface area contributed by atoms with Crippen LogP contribution in [0, 0.1) is 33.9 Å². The van der Waals surface area contributed by atoms with Crippen molar-refractivity contribution < 1.29 is 4.39 Å². The third-order valence-corrected chi connectivity index (χ3v) is 7.23. The Hall–Kier alpha value is -3.99. The van der Waals surface area contributed by atoms with Crippen LogP contribution in [0.2, 0.25) is 5.02 Å². The number of aromatic nitrogens is 1. The number of nitriles is 2. The molecule has 0 spiro atoms. The second kappa shape index (κ2) is 10.3. The Balaban J connectivity index is 1.58. The molecule has 0 saturated heterocycles. The number of benzene rings is 2. The Morgan fingerprint density at radius 2 is 1.97 bits per heavy atom. The van der Waals surface area contributed by atoms with Crippen LogP contribution in [0.25, 0.3) is 10.9 Å². The van der Waals surface area contributed by atoms with Crippen molar-refractivity contribution in [2.75, 3.05) is 17.2 Å². The zero-order valence-corrected chi connectivity index (χ0v) is 22.4. The van der Waals surface area contributed by atoms with Gasteiger partial charge in [-0.1, -0.05) is 37.6 Å². The molecule has 2 heterocycles. The van der Waals surface area contributed by atoms with Crippen LogP contribution >= 0.6 is 11.6 Å². The van der Waals surface area contributed by atoms with Crippen LogP contribution in [0.5, 0.6) is 0 Å². The lowest BCUT2D eigenvalue weighted by Crippen LogP contribution is -2.45. The minimum absolute atomic E-state index is 0.327. The van der Waals surface area contributed by atoms with Gasteiger partial charge in [-0.2, -0.15) is 10.5 Å². The number of pyridine rings is 1. The summed E-state index contributed by atoms with van der Waals surface area (Å²) in [6, 6.07) is 14.3. The first kappa shape index (κ1) is 26.6. The van der Waals surface area contributed by atoms with Gasteiger partial charge in [0.25, 0.3) is 0 Å². The molecule has 1 saturated carbocycles. The second-order valence-corrected chi connectivity index (χ2v) is 11.1. The number of hydrogen-bond acceptors (Lipinski definition) is 8. The first-order valence-corrected chi connectivity index (χ1v) is 13.0. The highest BCUT2D eigenvalue weighted by Gasteiger charge is 2.37. The largest absolute Gasteiger partial charge is 0.383 e. The number of rotatable bonds is 9. The van der Waals surface area contributed by atoms with Gasteiger partial charge in [0.1, 0.15) is 19.7 Å². The molecule has 39 heavy (non-hydrogen) atoms. The van der Waals surface area contributed by atoms with E-state index in [1.54, 1.807) is 18.2 Å². The summed E-state index contributed by atoms with van der Waals surface area (Å²) < 4.78 is 13.8. The topological polar surface area (TPSA) is 112 Å². The maximum Gasteiger partial charge on any atom is 0.123 e. The highest BCUT2D eigenvalue weighted by molar-refractivity contribution is 6.36. The monoisotopic (exact) mass is 540 g/mol. The average molecular weight is 541 g/mol. The average Bonchev–Trinajstić information content (AvgIpc) is 3.63. The Bertz CT molecular complexity index is 1520. The van der Waals surface area contributed by atoms with E-state index in [4.69, 9.17) is 19.4 Å². The zero-order chi connectivity index (χ0) is 27.8. The zero-order valence-electron chi connectivity index (χ0n) is 21.6. The summed E-state index contributed by atoms with van der Waals surface area (Å²) in [5.74, 6) is -0.369. The van der Waals surface area contributed by atoms with Gasteiger partial charge in [-0.15, -0.1) is 5.53 Å². The lowest BCUT2D eigenvalue weighted by Gasteiger charge is -2.34. The van der Waals surface area contributed by atoms with E-state index in [2.05, 4.69) is 38.7 Å². The van der Waals surface area contributed by atoms with Crippen LogP contribution in [0.1, 0.15) is 44.2 Å². The predicted molar refractivity (Wildman–Crippen MR) is 151 cm³/mol. The van der Waals surface area contributed by atoms with Crippen molar-refractivity contribution in [3.8, 4) is 12.1 Å². The minimum atomic E-state index is -1.29. The Labute approximate surface area is 233 Å². The van der Waals surface area contributed by atoms with E-state index in [1.807, 2.05) is 31.1 Å². The number of nitrogens with one attached hydrogen (secondary N) is 4. The fourth-order valence-electron chi connectivity index (χ4n) is 4.52. The van der Waals surface area contributed by atoms with Crippen LogP contribution in [-0.4, -0.2) is 30.4 Å². The van der Waals surface area contributed by atoms with Gasteiger partial charge in [-0.05, 0) is 48.1 Å². The molecule has 11 heteroatoms. The lowest BCUT2D eigenvalue weighted by molar-refractivity contribution is 0.260. The molecule has 2 radical (unpaired) electrons. The molecule has 1 fully saturated rings. The number of fused-ring (bicyclic) bond motifs is 1. The molecule has 1 aromatic heterocycles. The van der Waals surface area contributed by atoms with Crippen LogP contribution in [-0.2, 0) is 5.44 Å². The number of hydrazine groups is 2. The van der Waals surface area contributed by atoms with Gasteiger partial charge in [0.2, 0.25) is 0 Å². The summed E-state index contributed by atoms with van der Waals surface area (Å²) in [4.78, 5) is 4.42. The molecule has 2 aromatic carbocycles. The summed E-state index contributed by atoms with van der Waals surface area (Å²) in [5, 5.41) is 28.7. The normalized spacial score (nSPS) is 16.6. The lowest BCUT2D eigenvalue weighted by atomic mass is 9.69. The Kier molecular flexibility index (Phi) is 7.02. The first-order valence-electron chi connectivity index (χ1n) is 12.6. The molecular weight excluding hydrogens is 514 g/mol. The van der Waals surface area contributed by atoms with E-state index in [0.29, 0.717) is 63.1 Å². The molecule has 4 N–H and O–H groups in total. The summed E-state index contributed by atoms with van der Waals surface area (Å²) in [7, 11) is 7.04. The van der Waals surface area contributed by atoms with Crippen molar-refractivity contribution in [1.82, 2.24) is 21.0 Å². The maximum atomic E-state index is 13.8. The van der Waals surface area contributed by atoms with Crippen LogP contribution in [0.15, 0.2) is 54.5 Å². The van der Waals surface area contributed by atoms with Gasteiger partial charge in [0, 0.05) is 42.5 Å². The van der Waals surface area contributed by atoms with E-state index in [9.17, 15) is 14.9 Å². The van der Waals surface area contributed by atoms with Gasteiger partial charge in [0.05, 0.1) is 39.0 Å². The van der Waals surface area contributed by atoms with Gasteiger partial charge < -0.3 is 16.1 Å². The number of anilines is 2. The summed E-state index contributed by atoms with van der Waals surface area (Å²) in [6.07, 6.45) is 5.90. The van der Waals surface area contributed by atoms with Gasteiger partial charge >= 0.3 is 0 Å². The summed E-state index contributed by atoms with van der Waals surface area (Å²) >= 11 is 6.70. The van der Waals surface area contributed by atoms with Gasteiger partial charge in [-0.3, -0.25) is 9.99 Å². The Morgan fingerprint density at radius 1 is 1.23 bits per heavy atom. The predicted octanol–water partition coefficient (Wildman–Crippen LogP) is 5.01. The minimum Gasteiger partial charge on any atom is -0.383 e. The number of hydrogen-bond donors (Lipinski definition) is 4. The van der Waals surface area contributed by atoms with Crippen molar-refractivity contribution in [2.24, 2.45) is 5.41 Å². The molecule has 2 aliphatic rings. The molecule has 1 unspecified atom stereocenters. The molecule has 8 nitrogen and oxygen atoms in total. The molecule has 196 valence electrons. The van der Waals surface area contributed by atoms with E-state index in [1.165, 1.54) is 18.3 Å². The molecule has 5 rings (SSSR count). The smallest absolute Gasteiger partial charge is 0.123 e. The molecule has 1 aliphatic carbocycles. The molecule has 1 atom stereocenters. The third-order valence-electron chi connectivity index (χ3n) is 6.94. The molecule has 3 aromatic rings. The third kappa shape index (κ3) is 5.45. The van der Waals surface area contributed by atoms with Crippen molar-refractivity contribution in [1.29, 1.82) is 10.5 Å². The SMILES string of the molecule is [B]C(Nc1cc(Cl)c2ncc(C#N)c(NCC(C)(C)CC#N)c2c1)(C1=CN(C2CC2)NN1)c1ccc(F)cc1. The van der Waals surface area contributed by atoms with Crippen molar-refractivity contribution >= 4 is 41.7 Å². The van der Waals surface area contributed by atoms with Crippen LogP contribution in [0.3, 0.4) is 0 Å². The second-order valence-electron chi connectivity index (χ2n) is 10.7. The van der Waals surface area contributed by atoms with E-state index < -0.39 is 5.44 Å². The quantitative estimate of drug-likeness (QED) is 0.280. The molecular formula is C28H27BClFN8. The first-order chi connectivity index (χ1) is 18.6. The van der Waals surface area contributed by atoms with E-state index in [0.717, 1.165) is 12.8 Å². The Morgan fingerprint density at radius 3 is 2.64 bits per heavy atom. The van der Waals surface area contributed by atoms with Crippen LogP contribution in [0.4, 0.5) is 15.8 Å². The fraction of sp³-hybridized carbons (Fsp3) is 0.321. The fourth-order valence-corrected chi connectivity index (χ4v) is 4.79. The van der Waals surface area contributed by atoms with Gasteiger partial charge in [-0.25, -0.2) is 4.39 Å². The van der Waals surface area contributed by atoms with Crippen molar-refractivity contribution in [2.45, 2.75) is 44.6 Å². The molecule has 1 aliphatic heterocycles. The van der Waals surface area contributed by atoms with Gasteiger partial charge in [0.15, 0.2) is 0 Å². The number of halogens is 2. The molecule has 0 bridgehead atoms. The number of nitrogens with zero attached hydrogens (tertiary/aromatic N) is 4. The summed E-state index contributed by atoms with van der Waals surface area (Å²) in [5.41, 5.74) is 7.96. The van der Waals surface area contributed by atoms with E-state index >= 15 is 0 Å². The van der Waals surface area contributed by atoms with E-state index in [-0.39, 0.29) is 11.2 Å².